The van der Waals surface area contributed by atoms with Crippen LogP contribution in [-0.2, 0) is 37.6 Å². The second-order valence-electron chi connectivity index (χ2n) is 13.3. The highest BCUT2D eigenvalue weighted by Gasteiger charge is 2.58. The summed E-state index contributed by atoms with van der Waals surface area (Å²) < 4.78 is 28.3. The molecule has 47 heavy (non-hydrogen) atoms. The summed E-state index contributed by atoms with van der Waals surface area (Å²) >= 11 is 0. The maximum atomic E-state index is 16.1. The fraction of sp³-hybridized carbons (Fsp3) is 0.516. The molecule has 3 rings (SSSR count). The number of carbonyl (C=O) groups is 3. The lowest BCUT2D eigenvalue weighted by molar-refractivity contribution is -0.186. The first-order valence-electron chi connectivity index (χ1n) is 14.8. The first kappa shape index (κ1) is 38.5. The van der Waals surface area contributed by atoms with Crippen molar-refractivity contribution >= 4 is 65.7 Å². The first-order chi connectivity index (χ1) is 21.5. The molecule has 1 heterocycles. The minimum atomic E-state index is -3.14. The smallest absolute Gasteiger partial charge is 0.272 e. The molecule has 9 nitrogen and oxygen atoms in total. The van der Waals surface area contributed by atoms with Gasteiger partial charge >= 0.3 is 0 Å². The van der Waals surface area contributed by atoms with E-state index in [0.717, 1.165) is 7.05 Å². The summed E-state index contributed by atoms with van der Waals surface area (Å²) in [5.74, 6) is -1.79. The number of carbonyl (C=O) groups excluding carboxylic acids is 3. The predicted molar refractivity (Wildman–Crippen MR) is 181 cm³/mol. The number of likely N-dealkylation sites (N-methyl/N-ethyl adjacent to an activating group) is 1. The molecule has 2 amide bonds. The lowest BCUT2D eigenvalue weighted by Crippen LogP contribution is -2.68. The summed E-state index contributed by atoms with van der Waals surface area (Å²) in [5.41, 5.74) is -3.33. The molecule has 1 fully saturated rings. The second kappa shape index (κ2) is 13.5. The summed E-state index contributed by atoms with van der Waals surface area (Å²) in [4.78, 5) is 39.4. The number of aliphatic hydroxyl groups is 1. The minimum absolute atomic E-state index is 0.0452. The van der Waals surface area contributed by atoms with E-state index in [2.05, 4.69) is 5.32 Å². The van der Waals surface area contributed by atoms with E-state index < -0.39 is 51.0 Å². The Morgan fingerprint density at radius 1 is 1.06 bits per heavy atom. The molecular weight excluding hydrogens is 594 g/mol. The van der Waals surface area contributed by atoms with Gasteiger partial charge < -0.3 is 34.5 Å². The van der Waals surface area contributed by atoms with Gasteiger partial charge in [0.2, 0.25) is 12.1 Å². The lowest BCUT2D eigenvalue weighted by Gasteiger charge is -2.53. The molecule has 1 atom stereocenters. The molecule has 0 spiro atoms. The average molecular weight is 631 g/mol. The highest BCUT2D eigenvalue weighted by molar-refractivity contribution is 6.60. The number of aldehydes is 1. The molecule has 2 aromatic carbocycles. The number of morpholine rings is 1. The van der Waals surface area contributed by atoms with Gasteiger partial charge in [-0.25, -0.2) is 4.39 Å². The van der Waals surface area contributed by atoms with Crippen LogP contribution in [-0.4, -0.2) is 118 Å². The largest absolute Gasteiger partial charge is 0.488 e. The van der Waals surface area contributed by atoms with Gasteiger partial charge in [-0.3, -0.25) is 9.59 Å². The minimum Gasteiger partial charge on any atom is -0.488 e. The number of aryl methyl sites for hydroxylation is 1. The summed E-state index contributed by atoms with van der Waals surface area (Å²) in [6.45, 7) is 9.17. The van der Waals surface area contributed by atoms with Crippen LogP contribution in [0.2, 0.25) is 10.4 Å². The second-order valence-corrected chi connectivity index (χ2v) is 13.3. The molecule has 2 N–H and O–H groups in total. The topological polar surface area (TPSA) is 108 Å². The van der Waals surface area contributed by atoms with Crippen molar-refractivity contribution in [2.75, 3.05) is 20.1 Å². The summed E-state index contributed by atoms with van der Waals surface area (Å²) in [7, 11) is 37.9. The van der Waals surface area contributed by atoms with Crippen LogP contribution >= 0.6 is 0 Å². The SMILES string of the molecule is [B]C([B])(c1cccc(COc2cccc(C)c2CN(C=O)C(O)(C(=O)NC)C([B])([B])C([B])([B])C=O)c1F)N1CC(C)(C)OC(C)(C)C1. The van der Waals surface area contributed by atoms with Gasteiger partial charge in [-0.2, -0.15) is 0 Å². The van der Waals surface area contributed by atoms with Crippen LogP contribution < -0.4 is 10.1 Å². The van der Waals surface area contributed by atoms with Crippen molar-refractivity contribution in [3.8, 4) is 5.75 Å². The van der Waals surface area contributed by atoms with Gasteiger partial charge in [0.25, 0.3) is 5.91 Å². The Morgan fingerprint density at radius 3 is 2.17 bits per heavy atom. The number of ether oxygens (including phenoxy) is 2. The third kappa shape index (κ3) is 7.39. The molecule has 0 aromatic heterocycles. The Hall–Kier alpha value is -2.95. The number of halogens is 1. The molecule has 236 valence electrons. The molecule has 0 saturated carbocycles. The number of benzene rings is 2. The van der Waals surface area contributed by atoms with Gasteiger partial charge in [-0.1, -0.05) is 35.5 Å². The van der Waals surface area contributed by atoms with Crippen LogP contribution in [0, 0.1) is 12.7 Å². The Bertz CT molecular complexity index is 1490. The third-order valence-electron chi connectivity index (χ3n) is 8.38. The number of hydrogen-bond donors (Lipinski definition) is 2. The van der Waals surface area contributed by atoms with Crippen LogP contribution in [0.3, 0.4) is 0 Å². The number of nitrogens with zero attached hydrogens (tertiary/aromatic N) is 2. The van der Waals surface area contributed by atoms with Gasteiger partial charge in [-0.05, 0) is 62.4 Å². The lowest BCUT2D eigenvalue weighted by atomic mass is 9.27. The van der Waals surface area contributed by atoms with Crippen LogP contribution in [0.1, 0.15) is 49.9 Å². The van der Waals surface area contributed by atoms with Crippen LogP contribution in [0.5, 0.6) is 5.75 Å². The van der Waals surface area contributed by atoms with Gasteiger partial charge in [-0.15, -0.1) is 0 Å². The van der Waals surface area contributed by atoms with Crippen molar-refractivity contribution in [2.24, 2.45) is 0 Å². The van der Waals surface area contributed by atoms with Crippen LogP contribution in [0.4, 0.5) is 4.39 Å². The van der Waals surface area contributed by atoms with E-state index in [1.807, 2.05) is 27.7 Å². The van der Waals surface area contributed by atoms with Gasteiger partial charge in [0.05, 0.1) is 64.8 Å². The fourth-order valence-electron chi connectivity index (χ4n) is 5.92. The van der Waals surface area contributed by atoms with Crippen LogP contribution in [0.15, 0.2) is 36.4 Å². The zero-order valence-electron chi connectivity index (χ0n) is 27.7. The van der Waals surface area contributed by atoms with Crippen molar-refractivity contribution in [1.29, 1.82) is 0 Å². The number of nitrogens with one attached hydrogen (secondary N) is 1. The molecule has 2 aromatic rings. The molecule has 1 aliphatic rings. The predicted octanol–water partition coefficient (Wildman–Crippen LogP) is 0.548. The van der Waals surface area contributed by atoms with E-state index >= 15 is 4.39 Å². The van der Waals surface area contributed by atoms with Crippen molar-refractivity contribution in [1.82, 2.24) is 15.1 Å². The van der Waals surface area contributed by atoms with E-state index in [4.69, 9.17) is 56.6 Å². The van der Waals surface area contributed by atoms with Gasteiger partial charge in [0.1, 0.15) is 24.5 Å². The van der Waals surface area contributed by atoms with Gasteiger partial charge in [0.15, 0.2) is 0 Å². The maximum absolute atomic E-state index is 16.1. The quantitative estimate of drug-likeness (QED) is 0.189. The summed E-state index contributed by atoms with van der Waals surface area (Å²) in [6, 6.07) is 9.50. The summed E-state index contributed by atoms with van der Waals surface area (Å²) in [6.07, 6.45) is 0.0489. The molecule has 1 aliphatic heterocycles. The Morgan fingerprint density at radius 2 is 1.64 bits per heavy atom. The molecule has 0 bridgehead atoms. The monoisotopic (exact) mass is 631 g/mol. The number of rotatable bonds is 13. The van der Waals surface area contributed by atoms with Gasteiger partial charge in [0, 0.05) is 31.3 Å². The van der Waals surface area contributed by atoms with Crippen molar-refractivity contribution in [2.45, 2.75) is 80.5 Å². The molecular formula is C31H36B6FN3O6. The van der Waals surface area contributed by atoms with Crippen molar-refractivity contribution < 1.29 is 33.4 Å². The van der Waals surface area contributed by atoms with Crippen LogP contribution in [0.25, 0.3) is 0 Å². The molecule has 0 aliphatic carbocycles. The Kier molecular flexibility index (Phi) is 11.1. The zero-order valence-corrected chi connectivity index (χ0v) is 27.7. The first-order valence-corrected chi connectivity index (χ1v) is 14.8. The highest BCUT2D eigenvalue weighted by Crippen LogP contribution is 2.50. The van der Waals surface area contributed by atoms with E-state index in [-0.39, 0.29) is 41.7 Å². The van der Waals surface area contributed by atoms with E-state index in [1.54, 1.807) is 36.1 Å². The summed E-state index contributed by atoms with van der Waals surface area (Å²) in [5, 5.41) is 6.49. The normalized spacial score (nSPS) is 18.0. The van der Waals surface area contributed by atoms with Crippen molar-refractivity contribution in [3.63, 3.8) is 0 Å². The fourth-order valence-corrected chi connectivity index (χ4v) is 5.92. The maximum Gasteiger partial charge on any atom is 0.272 e. The zero-order chi connectivity index (χ0) is 35.8. The van der Waals surface area contributed by atoms with E-state index in [0.29, 0.717) is 23.6 Å². The molecule has 1 unspecified atom stereocenters. The number of amides is 2. The molecule has 16 heteroatoms. The highest BCUT2D eigenvalue weighted by atomic mass is 19.1. The molecule has 1 saturated heterocycles. The molecule has 12 radical (unpaired) electrons. The van der Waals surface area contributed by atoms with Crippen molar-refractivity contribution in [3.05, 3.63) is 64.5 Å². The van der Waals surface area contributed by atoms with E-state index in [9.17, 15) is 19.5 Å². The average Bonchev–Trinajstić information content (AvgIpc) is 2.97. The standard InChI is InChI=1S/C31H36B6FN3O6/c1-19-9-7-12-23(21(19)13-40(18-43)29(45,25(44)39-6)31(36,37)28(32,33)17-42)46-14-20-10-8-11-22(24(20)38)30(34,35)41-15-26(2,3)47-27(4,5)16-41/h7-12,17-18,45H,13-16H2,1-6H3,(H,39,44). The van der Waals surface area contributed by atoms with E-state index in [1.165, 1.54) is 12.1 Å². The third-order valence-corrected chi connectivity index (χ3v) is 8.38. The Labute approximate surface area is 284 Å². The number of hydrogen-bond acceptors (Lipinski definition) is 7. The Balaban J connectivity index is 1.98.